The van der Waals surface area contributed by atoms with Gasteiger partial charge < -0.3 is 16.0 Å². The summed E-state index contributed by atoms with van der Waals surface area (Å²) in [6.07, 6.45) is 4.07. The highest BCUT2D eigenvalue weighted by Gasteiger charge is 2.27. The number of aromatic nitrogens is 2. The Kier molecular flexibility index (Phi) is 5.54. The molecule has 0 aliphatic carbocycles. The lowest BCUT2D eigenvalue weighted by Gasteiger charge is -2.31. The van der Waals surface area contributed by atoms with Crippen molar-refractivity contribution in [1.82, 2.24) is 20.2 Å². The number of nitrogens with two attached hydrogens (primary N) is 1. The predicted molar refractivity (Wildman–Crippen MR) is 82.9 cm³/mol. The molecule has 0 spiro atoms. The molecule has 0 unspecified atom stereocenters. The number of imidazole rings is 1. The molecule has 0 bridgehead atoms. The summed E-state index contributed by atoms with van der Waals surface area (Å²) in [5.41, 5.74) is 6.19. The highest BCUT2D eigenvalue weighted by atomic mass is 16.2. The fourth-order valence-corrected chi connectivity index (χ4v) is 2.84. The second-order valence-electron chi connectivity index (χ2n) is 5.94. The van der Waals surface area contributed by atoms with E-state index in [4.69, 9.17) is 5.73 Å². The number of aryl methyl sites for hydroxylation is 1. The molecule has 4 N–H and O–H groups in total. The minimum absolute atomic E-state index is 0.00534. The van der Waals surface area contributed by atoms with Crippen molar-refractivity contribution in [2.24, 2.45) is 11.7 Å². The first-order valence-electron chi connectivity index (χ1n) is 7.82. The second kappa shape index (κ2) is 7.40. The monoisotopic (exact) mass is 307 g/mol. The van der Waals surface area contributed by atoms with Gasteiger partial charge in [-0.1, -0.05) is 6.92 Å². The number of carbonyl (C=O) groups is 2. The lowest BCUT2D eigenvalue weighted by atomic mass is 9.95. The first-order valence-corrected chi connectivity index (χ1v) is 7.82. The number of amides is 2. The molecule has 22 heavy (non-hydrogen) atoms. The minimum Gasteiger partial charge on any atom is -0.369 e. The van der Waals surface area contributed by atoms with Crippen molar-refractivity contribution < 1.29 is 9.59 Å². The molecule has 0 radical (unpaired) electrons. The van der Waals surface area contributed by atoms with E-state index in [1.165, 1.54) is 0 Å². The van der Waals surface area contributed by atoms with E-state index in [0.717, 1.165) is 43.9 Å². The first-order chi connectivity index (χ1) is 10.5. The van der Waals surface area contributed by atoms with Crippen LogP contribution >= 0.6 is 0 Å². The summed E-state index contributed by atoms with van der Waals surface area (Å²) in [5.74, 6) is 0.551. The normalized spacial score (nSPS) is 18.1. The molecule has 1 atom stereocenters. The predicted octanol–water partition coefficient (Wildman–Crippen LogP) is 0.483. The molecular formula is C15H25N5O2. The third-order valence-electron chi connectivity index (χ3n) is 4.12. The molecule has 0 aromatic carbocycles. The lowest BCUT2D eigenvalue weighted by molar-refractivity contribution is -0.127. The zero-order chi connectivity index (χ0) is 16.1. The zero-order valence-electron chi connectivity index (χ0n) is 13.3. The molecule has 1 aliphatic rings. The first kappa shape index (κ1) is 16.5. The van der Waals surface area contributed by atoms with E-state index < -0.39 is 0 Å². The van der Waals surface area contributed by atoms with Crippen LogP contribution in [0, 0.1) is 12.8 Å². The molecule has 7 nitrogen and oxygen atoms in total. The third-order valence-corrected chi connectivity index (χ3v) is 4.12. The fourth-order valence-electron chi connectivity index (χ4n) is 2.84. The highest BCUT2D eigenvalue weighted by Crippen LogP contribution is 2.20. The Bertz CT molecular complexity index is 520. The zero-order valence-corrected chi connectivity index (χ0v) is 13.3. The van der Waals surface area contributed by atoms with Gasteiger partial charge in [0.2, 0.25) is 11.8 Å². The molecule has 1 aromatic rings. The SMILES string of the molecule is CC[C@H](NC(=O)C1CCN(CC(N)=O)CC1)c1ncc(C)[nH]1. The molecule has 122 valence electrons. The minimum atomic E-state index is -0.317. The summed E-state index contributed by atoms with van der Waals surface area (Å²) in [6, 6.07) is -0.0788. The van der Waals surface area contributed by atoms with Gasteiger partial charge in [0.05, 0.1) is 12.6 Å². The molecule has 1 aromatic heterocycles. The van der Waals surface area contributed by atoms with Crippen molar-refractivity contribution in [3.63, 3.8) is 0 Å². The summed E-state index contributed by atoms with van der Waals surface area (Å²) in [5, 5.41) is 3.08. The van der Waals surface area contributed by atoms with Gasteiger partial charge in [0.15, 0.2) is 0 Å². The number of nitrogens with one attached hydrogen (secondary N) is 2. The molecule has 2 rings (SSSR count). The number of rotatable bonds is 6. The van der Waals surface area contributed by atoms with Gasteiger partial charge in [0.1, 0.15) is 5.82 Å². The van der Waals surface area contributed by atoms with Crippen molar-refractivity contribution in [2.75, 3.05) is 19.6 Å². The Morgan fingerprint density at radius 2 is 2.18 bits per heavy atom. The van der Waals surface area contributed by atoms with Crippen LogP contribution in [0.25, 0.3) is 0 Å². The van der Waals surface area contributed by atoms with Crippen molar-refractivity contribution >= 4 is 11.8 Å². The summed E-state index contributed by atoms with van der Waals surface area (Å²) in [4.78, 5) is 32.8. The number of primary amides is 1. The molecule has 2 amide bonds. The lowest BCUT2D eigenvalue weighted by Crippen LogP contribution is -2.44. The number of H-pyrrole nitrogens is 1. The fraction of sp³-hybridized carbons (Fsp3) is 0.667. The largest absolute Gasteiger partial charge is 0.369 e. The van der Waals surface area contributed by atoms with E-state index in [1.807, 2.05) is 18.7 Å². The van der Waals surface area contributed by atoms with Crippen LogP contribution in [0.1, 0.15) is 43.7 Å². The van der Waals surface area contributed by atoms with E-state index in [0.29, 0.717) is 0 Å². The summed E-state index contributed by atoms with van der Waals surface area (Å²) in [6.45, 7) is 5.71. The highest BCUT2D eigenvalue weighted by molar-refractivity contribution is 5.79. The number of carbonyl (C=O) groups excluding carboxylic acids is 2. The second-order valence-corrected chi connectivity index (χ2v) is 5.94. The van der Waals surface area contributed by atoms with Crippen molar-refractivity contribution in [2.45, 2.75) is 39.2 Å². The third kappa shape index (κ3) is 4.30. The van der Waals surface area contributed by atoms with E-state index in [1.54, 1.807) is 6.20 Å². The number of aromatic amines is 1. The number of nitrogens with zero attached hydrogens (tertiary/aromatic N) is 2. The Hall–Kier alpha value is -1.89. The van der Waals surface area contributed by atoms with Crippen LogP contribution in [0.5, 0.6) is 0 Å². The topological polar surface area (TPSA) is 104 Å². The number of hydrogen-bond acceptors (Lipinski definition) is 4. The Morgan fingerprint density at radius 3 is 2.68 bits per heavy atom. The number of hydrogen-bond donors (Lipinski definition) is 3. The Morgan fingerprint density at radius 1 is 1.50 bits per heavy atom. The van der Waals surface area contributed by atoms with Gasteiger partial charge in [-0.2, -0.15) is 0 Å². The summed E-state index contributed by atoms with van der Waals surface area (Å²) < 4.78 is 0. The molecule has 2 heterocycles. The van der Waals surface area contributed by atoms with Gasteiger partial charge in [-0.15, -0.1) is 0 Å². The quantitative estimate of drug-likeness (QED) is 0.711. The van der Waals surface area contributed by atoms with Crippen LogP contribution in [-0.2, 0) is 9.59 Å². The smallest absolute Gasteiger partial charge is 0.231 e. The molecular weight excluding hydrogens is 282 g/mol. The van der Waals surface area contributed by atoms with Crippen LogP contribution in [0.3, 0.4) is 0 Å². The van der Waals surface area contributed by atoms with E-state index >= 15 is 0 Å². The van der Waals surface area contributed by atoms with Gasteiger partial charge in [-0.3, -0.25) is 14.5 Å². The van der Waals surface area contributed by atoms with Crippen LogP contribution in [-0.4, -0.2) is 46.3 Å². The van der Waals surface area contributed by atoms with Gasteiger partial charge in [-0.05, 0) is 39.3 Å². The van der Waals surface area contributed by atoms with Crippen LogP contribution in [0.15, 0.2) is 6.20 Å². The Balaban J connectivity index is 1.85. The Labute approximate surface area is 130 Å². The van der Waals surface area contributed by atoms with Crippen LogP contribution < -0.4 is 11.1 Å². The van der Waals surface area contributed by atoms with Crippen LogP contribution in [0.4, 0.5) is 0 Å². The van der Waals surface area contributed by atoms with Gasteiger partial charge in [0, 0.05) is 17.8 Å². The van der Waals surface area contributed by atoms with E-state index in [9.17, 15) is 9.59 Å². The van der Waals surface area contributed by atoms with Gasteiger partial charge >= 0.3 is 0 Å². The molecule has 7 heteroatoms. The standard InChI is InChI=1S/C15H25N5O2/c1-3-12(14-17-8-10(2)18-14)19-15(22)11-4-6-20(7-5-11)9-13(16)21/h8,11-12H,3-7,9H2,1-2H3,(H2,16,21)(H,17,18)(H,19,22)/t12-/m0/s1. The maximum Gasteiger partial charge on any atom is 0.231 e. The number of likely N-dealkylation sites (tertiary alicyclic amines) is 1. The molecule has 1 aliphatic heterocycles. The van der Waals surface area contributed by atoms with Crippen LogP contribution in [0.2, 0.25) is 0 Å². The average Bonchev–Trinajstić information content (AvgIpc) is 2.91. The van der Waals surface area contributed by atoms with E-state index in [2.05, 4.69) is 15.3 Å². The summed E-state index contributed by atoms with van der Waals surface area (Å²) >= 11 is 0. The van der Waals surface area contributed by atoms with Gasteiger partial charge in [-0.25, -0.2) is 4.98 Å². The van der Waals surface area contributed by atoms with Crippen molar-refractivity contribution in [3.8, 4) is 0 Å². The maximum absolute atomic E-state index is 12.4. The maximum atomic E-state index is 12.4. The molecule has 0 saturated carbocycles. The van der Waals surface area contributed by atoms with Crippen molar-refractivity contribution in [3.05, 3.63) is 17.7 Å². The molecule has 1 saturated heterocycles. The summed E-state index contributed by atoms with van der Waals surface area (Å²) in [7, 11) is 0. The van der Waals surface area contributed by atoms with Gasteiger partial charge in [0.25, 0.3) is 0 Å². The van der Waals surface area contributed by atoms with E-state index in [-0.39, 0.29) is 30.3 Å². The average molecular weight is 307 g/mol. The molecule has 1 fully saturated rings. The van der Waals surface area contributed by atoms with Crippen molar-refractivity contribution in [1.29, 1.82) is 0 Å². The number of piperidine rings is 1.